The third kappa shape index (κ3) is 5.20. The molecule has 0 aromatic rings. The Morgan fingerprint density at radius 3 is 2.21 bits per heavy atom. The predicted molar refractivity (Wildman–Crippen MR) is 106 cm³/mol. The summed E-state index contributed by atoms with van der Waals surface area (Å²) in [5.74, 6) is 2.41. The van der Waals surface area contributed by atoms with Gasteiger partial charge in [0.05, 0.1) is 0 Å². The van der Waals surface area contributed by atoms with Crippen molar-refractivity contribution in [2.45, 2.75) is 38.4 Å². The summed E-state index contributed by atoms with van der Waals surface area (Å²) < 4.78 is 2.60. The van der Waals surface area contributed by atoms with E-state index in [4.69, 9.17) is 18.6 Å². The van der Waals surface area contributed by atoms with Gasteiger partial charge in [-0.3, -0.25) is 6.67 Å². The third-order valence-electron chi connectivity index (χ3n) is 5.78. The van der Waals surface area contributed by atoms with Gasteiger partial charge >= 0.3 is 35.6 Å². The Bertz CT molecular complexity index is 428. The number of halogens is 2. The quantitative estimate of drug-likeness (QED) is 0.398. The first-order valence-corrected chi connectivity index (χ1v) is 15.7. The molecule has 134 valence electrons. The van der Waals surface area contributed by atoms with Crippen LogP contribution in [0.5, 0.6) is 0 Å². The van der Waals surface area contributed by atoms with Crippen molar-refractivity contribution in [2.24, 2.45) is 17.8 Å². The molecule has 7 heteroatoms. The van der Waals surface area contributed by atoms with Crippen LogP contribution in [-0.4, -0.2) is 32.8 Å². The van der Waals surface area contributed by atoms with E-state index in [1.54, 1.807) is 0 Å². The molecule has 24 heavy (non-hydrogen) atoms. The van der Waals surface area contributed by atoms with Crippen LogP contribution < -0.4 is 0 Å². The fourth-order valence-corrected chi connectivity index (χ4v) is 7.95. The van der Waals surface area contributed by atoms with Gasteiger partial charge in [0, 0.05) is 0 Å². The summed E-state index contributed by atoms with van der Waals surface area (Å²) in [6.07, 6.45) is 12.2. The van der Waals surface area contributed by atoms with E-state index >= 15 is 0 Å². The van der Waals surface area contributed by atoms with Gasteiger partial charge < -0.3 is 22.6 Å². The normalized spacial score (nSPS) is 32.7. The summed E-state index contributed by atoms with van der Waals surface area (Å²) >= 11 is -0.556. The fourth-order valence-electron chi connectivity index (χ4n) is 4.40. The summed E-state index contributed by atoms with van der Waals surface area (Å²) in [6, 6.07) is 0. The van der Waals surface area contributed by atoms with Gasteiger partial charge in [0.1, 0.15) is 8.24 Å². The van der Waals surface area contributed by atoms with Crippen LogP contribution in [-0.2, 0) is 17.0 Å². The zero-order chi connectivity index (χ0) is 16.9. The second-order valence-electron chi connectivity index (χ2n) is 7.07. The van der Waals surface area contributed by atoms with Gasteiger partial charge in [-0.1, -0.05) is 50.7 Å². The summed E-state index contributed by atoms with van der Waals surface area (Å²) in [5, 5.41) is 9.00. The maximum atomic E-state index is 4.89. The molecule has 1 heterocycles. The van der Waals surface area contributed by atoms with E-state index in [1.807, 2.05) is 0 Å². The van der Waals surface area contributed by atoms with E-state index in [-0.39, 0.29) is 7.43 Å². The monoisotopic (exact) mass is 422 g/mol. The first kappa shape index (κ1) is 22.9. The molecule has 0 spiro atoms. The van der Waals surface area contributed by atoms with Gasteiger partial charge in [0.15, 0.2) is 0 Å². The minimum atomic E-state index is -1.48. The number of hydrogen-bond acceptors (Lipinski definition) is 1. The number of allylic oxidation sites excluding steroid dienone is 4. The Morgan fingerprint density at radius 2 is 1.67 bits per heavy atom. The Hall–Kier alpha value is 0.871. The topological polar surface area (TPSA) is 31.4 Å². The SMILES string of the molecule is CC[C@H]1CC([Si](C)(C)N2C[N-]C[N-]C2)C2C=CC=CC21.[CH3-].[Cl][Ti+4][Cl]. The molecule has 4 atom stereocenters. The third-order valence-corrected chi connectivity index (χ3v) is 10.1. The van der Waals surface area contributed by atoms with Crippen molar-refractivity contribution in [3.05, 3.63) is 42.4 Å². The molecule has 0 amide bonds. The molecule has 0 aromatic carbocycles. The molecule has 3 aliphatic rings. The molecular formula is C17H30Cl2N3SiTi+. The Morgan fingerprint density at radius 1 is 1.12 bits per heavy atom. The van der Waals surface area contributed by atoms with Gasteiger partial charge in [0.25, 0.3) is 0 Å². The Balaban J connectivity index is 0.000000671. The van der Waals surface area contributed by atoms with E-state index in [2.05, 4.69) is 59.5 Å². The van der Waals surface area contributed by atoms with Crippen LogP contribution in [0, 0.1) is 25.2 Å². The Labute approximate surface area is 166 Å². The number of hydrogen-bond donors (Lipinski definition) is 0. The summed E-state index contributed by atoms with van der Waals surface area (Å²) in [7, 11) is 8.30. The summed E-state index contributed by atoms with van der Waals surface area (Å²) in [5.41, 5.74) is 0.849. The van der Waals surface area contributed by atoms with Crippen LogP contribution in [0.4, 0.5) is 0 Å². The number of nitrogens with zero attached hydrogens (tertiary/aromatic N) is 3. The van der Waals surface area contributed by atoms with Gasteiger partial charge in [-0.15, -0.1) is 13.3 Å². The molecule has 0 aromatic heterocycles. The van der Waals surface area contributed by atoms with E-state index in [0.29, 0.717) is 6.67 Å². The van der Waals surface area contributed by atoms with Crippen molar-refractivity contribution < 1.29 is 17.0 Å². The molecule has 0 N–H and O–H groups in total. The van der Waals surface area contributed by atoms with Crippen LogP contribution in [0.1, 0.15) is 19.8 Å². The second-order valence-corrected chi connectivity index (χ2v) is 14.3. The first-order chi connectivity index (χ1) is 11.1. The molecule has 1 aliphatic heterocycles. The average Bonchev–Trinajstić information content (AvgIpc) is 2.96. The number of fused-ring (bicyclic) bond motifs is 1. The molecule has 0 radical (unpaired) electrons. The van der Waals surface area contributed by atoms with E-state index in [9.17, 15) is 0 Å². The molecule has 1 saturated carbocycles. The van der Waals surface area contributed by atoms with Crippen molar-refractivity contribution in [3.63, 3.8) is 0 Å². The summed E-state index contributed by atoms with van der Waals surface area (Å²) in [4.78, 5) is 0. The van der Waals surface area contributed by atoms with E-state index in [0.717, 1.165) is 36.6 Å². The van der Waals surface area contributed by atoms with Crippen molar-refractivity contribution >= 4 is 26.8 Å². The van der Waals surface area contributed by atoms with E-state index < -0.39 is 25.3 Å². The molecule has 3 unspecified atom stereocenters. The van der Waals surface area contributed by atoms with Gasteiger partial charge in [-0.2, -0.15) is 0 Å². The fraction of sp³-hybridized carbons (Fsp3) is 0.706. The van der Waals surface area contributed by atoms with Gasteiger partial charge in [0.2, 0.25) is 0 Å². The second kappa shape index (κ2) is 10.9. The standard InChI is InChI=1S/C16H27N3Si.CH3.2ClH.Ti/c1-4-13-9-16(15-8-6-5-7-14(13)15)20(2,3)19-11-17-10-18-12-19;;;;/h5-8,13-16H,4,9-12H2,1-3H3;1H3;2*1H;/q-2;-1;;;+6/p-2/t13-,14?,15?,16?;;;;/m0..../s1. The molecule has 0 bridgehead atoms. The van der Waals surface area contributed by atoms with Crippen molar-refractivity contribution in [2.75, 3.05) is 20.0 Å². The van der Waals surface area contributed by atoms with Crippen LogP contribution in [0.25, 0.3) is 10.6 Å². The molecule has 1 saturated heterocycles. The molecule has 2 fully saturated rings. The van der Waals surface area contributed by atoms with Crippen LogP contribution in [0.2, 0.25) is 18.6 Å². The minimum absolute atomic E-state index is 0. The number of rotatable bonds is 3. The van der Waals surface area contributed by atoms with Crippen molar-refractivity contribution in [1.82, 2.24) is 4.57 Å². The molecule has 3 nitrogen and oxygen atoms in total. The van der Waals surface area contributed by atoms with Crippen LogP contribution in [0.3, 0.4) is 0 Å². The van der Waals surface area contributed by atoms with Crippen molar-refractivity contribution in [3.8, 4) is 0 Å². The van der Waals surface area contributed by atoms with Gasteiger partial charge in [-0.05, 0) is 29.7 Å². The van der Waals surface area contributed by atoms with Crippen LogP contribution in [0.15, 0.2) is 24.3 Å². The average molecular weight is 423 g/mol. The maximum absolute atomic E-state index is 4.89. The predicted octanol–water partition coefficient (Wildman–Crippen LogP) is 6.11. The van der Waals surface area contributed by atoms with Crippen LogP contribution >= 0.6 is 18.6 Å². The van der Waals surface area contributed by atoms with Crippen molar-refractivity contribution in [1.29, 1.82) is 0 Å². The zero-order valence-electron chi connectivity index (χ0n) is 15.3. The zero-order valence-corrected chi connectivity index (χ0v) is 19.3. The van der Waals surface area contributed by atoms with Gasteiger partial charge in [-0.25, -0.2) is 0 Å². The molecular weight excluding hydrogens is 393 g/mol. The summed E-state index contributed by atoms with van der Waals surface area (Å²) in [6.45, 7) is 9.96. The first-order valence-electron chi connectivity index (χ1n) is 8.39. The Kier molecular flexibility index (Phi) is 10.4. The molecule has 3 rings (SSSR count). The van der Waals surface area contributed by atoms with E-state index in [1.165, 1.54) is 12.8 Å². The molecule has 2 aliphatic carbocycles.